The highest BCUT2D eigenvalue weighted by molar-refractivity contribution is 6.25. The number of aliphatic imine (C=N–C) groups is 1. The number of nitrogens with one attached hydrogen (secondary N) is 2. The molecule has 0 unspecified atom stereocenters. The number of ether oxygens (including phenoxy) is 1. The van der Waals surface area contributed by atoms with Crippen molar-refractivity contribution in [3.8, 4) is 5.75 Å². The number of carbonyl (C=O) groups is 3. The second-order valence-corrected chi connectivity index (χ2v) is 7.18. The Morgan fingerprint density at radius 3 is 2.47 bits per heavy atom. The fourth-order valence-corrected chi connectivity index (χ4v) is 3.51. The lowest BCUT2D eigenvalue weighted by Crippen LogP contribution is -2.29. The Hall–Kier alpha value is -4.87. The van der Waals surface area contributed by atoms with Crippen molar-refractivity contribution in [2.75, 3.05) is 13.7 Å². The van der Waals surface area contributed by atoms with Crippen molar-refractivity contribution in [1.29, 1.82) is 0 Å². The van der Waals surface area contributed by atoms with E-state index >= 15 is 0 Å². The van der Waals surface area contributed by atoms with Crippen molar-refractivity contribution < 1.29 is 28.6 Å². The van der Waals surface area contributed by atoms with Gasteiger partial charge in [0.2, 0.25) is 0 Å². The van der Waals surface area contributed by atoms with Crippen molar-refractivity contribution in [1.82, 2.24) is 10.3 Å². The highest BCUT2D eigenvalue weighted by atomic mass is 19.1. The molecular formula is C24H27FN6O5. The number of nitrogens with zero attached hydrogens (tertiary/aromatic N) is 1. The predicted molar refractivity (Wildman–Crippen MR) is 134 cm³/mol. The van der Waals surface area contributed by atoms with Crippen LogP contribution in [0.5, 0.6) is 5.75 Å². The molecule has 36 heavy (non-hydrogen) atoms. The topological polar surface area (TPSA) is 199 Å². The van der Waals surface area contributed by atoms with E-state index in [0.29, 0.717) is 23.0 Å². The first-order valence-electron chi connectivity index (χ1n) is 10.6. The molecule has 12 heteroatoms. The van der Waals surface area contributed by atoms with Crippen LogP contribution in [0.4, 0.5) is 4.39 Å². The molecule has 0 fully saturated rings. The van der Waals surface area contributed by atoms with E-state index in [1.807, 2.05) is 0 Å². The monoisotopic (exact) mass is 498 g/mol. The molecule has 11 nitrogen and oxygen atoms in total. The smallest absolute Gasteiger partial charge is 0.290 e. The van der Waals surface area contributed by atoms with Gasteiger partial charge in [-0.2, -0.15) is 0 Å². The number of aromatic amines is 1. The van der Waals surface area contributed by atoms with Crippen LogP contribution in [-0.2, 0) is 16.1 Å². The second kappa shape index (κ2) is 12.6. The number of hydrogen-bond donors (Lipinski definition) is 6. The number of hydrogen-bond acceptors (Lipinski definition) is 6. The number of methoxy groups -OCH3 is 1. The first kappa shape index (κ1) is 27.4. The normalized spacial score (nSPS) is 11.7. The maximum atomic E-state index is 13.6. The third-order valence-corrected chi connectivity index (χ3v) is 5.05. The zero-order valence-corrected chi connectivity index (χ0v) is 19.7. The third kappa shape index (κ3) is 6.17. The fourth-order valence-electron chi connectivity index (χ4n) is 3.51. The molecule has 3 rings (SSSR count). The van der Waals surface area contributed by atoms with E-state index in [4.69, 9.17) is 31.8 Å². The molecule has 0 atom stereocenters. The average molecular weight is 499 g/mol. The number of carbonyl (C=O) groups excluding carboxylic acids is 2. The van der Waals surface area contributed by atoms with Gasteiger partial charge in [0.15, 0.2) is 0 Å². The van der Waals surface area contributed by atoms with Crippen LogP contribution >= 0.6 is 0 Å². The van der Waals surface area contributed by atoms with Crippen LogP contribution in [0.15, 0.2) is 53.2 Å². The maximum Gasteiger partial charge on any atom is 0.290 e. The van der Waals surface area contributed by atoms with Crippen LogP contribution in [0, 0.1) is 5.82 Å². The lowest BCUT2D eigenvalue weighted by Gasteiger charge is -2.13. The number of nitrogens with two attached hydrogens (primary N) is 3. The summed E-state index contributed by atoms with van der Waals surface area (Å²) < 4.78 is 18.8. The number of fused-ring (bicyclic) bond motifs is 1. The summed E-state index contributed by atoms with van der Waals surface area (Å²) >= 11 is 0. The Morgan fingerprint density at radius 2 is 1.86 bits per heavy atom. The molecule has 0 spiro atoms. The molecule has 9 N–H and O–H groups in total. The number of benzene rings is 2. The number of amides is 2. The fraction of sp³-hybridized carbons (Fsp3) is 0.167. The van der Waals surface area contributed by atoms with E-state index in [-0.39, 0.29) is 41.4 Å². The van der Waals surface area contributed by atoms with Gasteiger partial charge in [-0.3, -0.25) is 19.4 Å². The van der Waals surface area contributed by atoms with Gasteiger partial charge < -0.3 is 37.3 Å². The van der Waals surface area contributed by atoms with Gasteiger partial charge in [-0.25, -0.2) is 4.39 Å². The standard InChI is InChI=1S/C23H25FN6O3.CH2O2/c1-3-28-21(26)18(22(27)31)19(25)14-6-4-12(20-15(14)8-9-29-20)11-30-23(32)16-10-13(24)5-7-17(16)33-2;2-1-3/h4-10,29H,3,11,25H2,1-2H3,(H2,26,28)(H2,27,31)(H,30,32);1H,(H,2,3)/b19-18+;. The van der Waals surface area contributed by atoms with Crippen molar-refractivity contribution >= 4 is 40.7 Å². The SMILES string of the molecule is CCN=C(N)/C(C(N)=O)=C(\N)c1ccc(CNC(=O)c2cc(F)ccc2OC)c2[nH]ccc12.O=CO. The molecule has 0 aliphatic rings. The molecule has 2 amide bonds. The molecule has 1 heterocycles. The molecule has 0 radical (unpaired) electrons. The number of H-pyrrole nitrogens is 1. The van der Waals surface area contributed by atoms with Gasteiger partial charge in [0.1, 0.15) is 23.0 Å². The van der Waals surface area contributed by atoms with E-state index in [0.717, 1.165) is 11.6 Å². The molecule has 3 aromatic rings. The van der Waals surface area contributed by atoms with Gasteiger partial charge in [0.25, 0.3) is 18.3 Å². The Bertz CT molecular complexity index is 1330. The minimum atomic E-state index is -0.786. The largest absolute Gasteiger partial charge is 0.496 e. The van der Waals surface area contributed by atoms with E-state index in [1.165, 1.54) is 19.2 Å². The van der Waals surface area contributed by atoms with Crippen molar-refractivity contribution in [2.45, 2.75) is 13.5 Å². The first-order chi connectivity index (χ1) is 17.2. The van der Waals surface area contributed by atoms with Crippen molar-refractivity contribution in [3.05, 3.63) is 70.7 Å². The number of halogens is 1. The molecule has 1 aromatic heterocycles. The van der Waals surface area contributed by atoms with Gasteiger partial charge in [-0.15, -0.1) is 0 Å². The summed E-state index contributed by atoms with van der Waals surface area (Å²) in [5.74, 6) is -1.60. The summed E-state index contributed by atoms with van der Waals surface area (Å²) in [5.41, 5.74) is 19.8. The quantitative estimate of drug-likeness (QED) is 0.117. The summed E-state index contributed by atoms with van der Waals surface area (Å²) in [4.78, 5) is 40.1. The molecule has 0 bridgehead atoms. The average Bonchev–Trinajstić information content (AvgIpc) is 3.33. The zero-order chi connectivity index (χ0) is 26.8. The number of primary amides is 1. The van der Waals surface area contributed by atoms with E-state index in [9.17, 15) is 14.0 Å². The van der Waals surface area contributed by atoms with Gasteiger partial charge in [-0.1, -0.05) is 12.1 Å². The second-order valence-electron chi connectivity index (χ2n) is 7.18. The van der Waals surface area contributed by atoms with E-state index in [1.54, 1.807) is 31.3 Å². The van der Waals surface area contributed by atoms with Crippen LogP contribution in [0.1, 0.15) is 28.4 Å². The van der Waals surface area contributed by atoms with E-state index < -0.39 is 17.6 Å². The molecule has 0 aliphatic carbocycles. The lowest BCUT2D eigenvalue weighted by atomic mass is 9.99. The zero-order valence-electron chi connectivity index (χ0n) is 19.7. The highest BCUT2D eigenvalue weighted by Crippen LogP contribution is 2.27. The Balaban J connectivity index is 0.00000145. The molecule has 2 aromatic carbocycles. The molecule has 0 saturated heterocycles. The lowest BCUT2D eigenvalue weighted by molar-refractivity contribution is -0.123. The summed E-state index contributed by atoms with van der Waals surface area (Å²) in [6.07, 6.45) is 1.70. The van der Waals surface area contributed by atoms with Crippen molar-refractivity contribution in [2.24, 2.45) is 22.2 Å². The van der Waals surface area contributed by atoms with Gasteiger partial charge in [0, 0.05) is 30.2 Å². The van der Waals surface area contributed by atoms with Crippen LogP contribution in [0.2, 0.25) is 0 Å². The van der Waals surface area contributed by atoms with Crippen LogP contribution in [0.25, 0.3) is 16.6 Å². The van der Waals surface area contributed by atoms with Crippen LogP contribution in [0.3, 0.4) is 0 Å². The molecule has 0 aliphatic heterocycles. The Morgan fingerprint density at radius 1 is 1.17 bits per heavy atom. The van der Waals surface area contributed by atoms with Crippen molar-refractivity contribution in [3.63, 3.8) is 0 Å². The van der Waals surface area contributed by atoms with Gasteiger partial charge >= 0.3 is 0 Å². The highest BCUT2D eigenvalue weighted by Gasteiger charge is 2.19. The minimum Gasteiger partial charge on any atom is -0.496 e. The minimum absolute atomic E-state index is 0.0356. The van der Waals surface area contributed by atoms with E-state index in [2.05, 4.69) is 15.3 Å². The Labute approximate surface area is 205 Å². The number of aromatic nitrogens is 1. The number of rotatable bonds is 8. The number of carboxylic acid groups (broad SMARTS) is 1. The summed E-state index contributed by atoms with van der Waals surface area (Å²) in [5, 5.41) is 10.4. The van der Waals surface area contributed by atoms with Crippen LogP contribution < -0.4 is 27.3 Å². The maximum absolute atomic E-state index is 13.6. The molecule has 0 saturated carbocycles. The third-order valence-electron chi connectivity index (χ3n) is 5.05. The predicted octanol–water partition coefficient (Wildman–Crippen LogP) is 1.48. The molecule has 190 valence electrons. The summed E-state index contributed by atoms with van der Waals surface area (Å²) in [6.45, 7) is 2.03. The molecular weight excluding hydrogens is 471 g/mol. The van der Waals surface area contributed by atoms with Gasteiger partial charge in [0.05, 0.1) is 23.9 Å². The summed E-state index contributed by atoms with van der Waals surface area (Å²) in [6, 6.07) is 8.95. The summed E-state index contributed by atoms with van der Waals surface area (Å²) in [7, 11) is 1.40. The van der Waals surface area contributed by atoms with Gasteiger partial charge in [-0.05, 0) is 36.8 Å². The Kier molecular flexibility index (Phi) is 9.55. The van der Waals surface area contributed by atoms with Crippen LogP contribution in [-0.4, -0.2) is 47.9 Å². The number of amidine groups is 1. The first-order valence-corrected chi connectivity index (χ1v) is 10.6.